The molecular weight excluding hydrogens is 506 g/mol. The van der Waals surface area contributed by atoms with Crippen molar-refractivity contribution >= 4 is 23.6 Å². The van der Waals surface area contributed by atoms with E-state index in [9.17, 15) is 19.2 Å². The third kappa shape index (κ3) is 13.2. The van der Waals surface area contributed by atoms with E-state index in [0.29, 0.717) is 6.42 Å². The van der Waals surface area contributed by atoms with Gasteiger partial charge >= 0.3 is 11.9 Å². The average molecular weight is 540 g/mol. The van der Waals surface area contributed by atoms with Crippen LogP contribution in [-0.2, 0) is 46.6 Å². The number of esters is 2. The maximum absolute atomic E-state index is 12.8. The molecule has 1 amide bonds. The van der Waals surface area contributed by atoms with Gasteiger partial charge in [-0.05, 0) is 23.1 Å². The molecule has 0 aliphatic carbocycles. The zero-order valence-electron chi connectivity index (χ0n) is 21.6. The third-order valence-electron chi connectivity index (χ3n) is 5.38. The lowest BCUT2D eigenvalue weighted by molar-refractivity contribution is -0.149. The maximum atomic E-state index is 12.8. The molecular formula is C27H33N5O7. The topological polar surface area (TPSA) is 183 Å². The summed E-state index contributed by atoms with van der Waals surface area (Å²) in [5, 5.41) is 5.85. The summed E-state index contributed by atoms with van der Waals surface area (Å²) in [5.74, 6) is -2.52. The Balaban J connectivity index is 1.88. The van der Waals surface area contributed by atoms with Crippen molar-refractivity contribution in [3.8, 4) is 0 Å². The Morgan fingerprint density at radius 2 is 1.51 bits per heavy atom. The number of hydrogen-bond acceptors (Lipinski definition) is 9. The number of nitrogens with one attached hydrogen (secondary N) is 1. The summed E-state index contributed by atoms with van der Waals surface area (Å²) in [6.07, 6.45) is -0.475. The zero-order chi connectivity index (χ0) is 28.3. The summed E-state index contributed by atoms with van der Waals surface area (Å²) in [6.45, 7) is 0.636. The van der Waals surface area contributed by atoms with Gasteiger partial charge in [-0.3, -0.25) is 19.2 Å². The lowest BCUT2D eigenvalue weighted by atomic mass is 10.0. The first kappa shape index (κ1) is 31.0. The van der Waals surface area contributed by atoms with E-state index in [1.807, 2.05) is 12.1 Å². The normalized spacial score (nSPS) is 11.9. The van der Waals surface area contributed by atoms with E-state index >= 15 is 0 Å². The fourth-order valence-corrected chi connectivity index (χ4v) is 3.36. The number of amides is 1. The Morgan fingerprint density at radius 3 is 2.13 bits per heavy atom. The van der Waals surface area contributed by atoms with Crippen LogP contribution in [0.25, 0.3) is 10.4 Å². The second-order valence-corrected chi connectivity index (χ2v) is 8.51. The van der Waals surface area contributed by atoms with Crippen molar-refractivity contribution < 1.29 is 33.4 Å². The van der Waals surface area contributed by atoms with Crippen LogP contribution in [0.3, 0.4) is 0 Å². The predicted octanol–water partition coefficient (Wildman–Crippen LogP) is 2.74. The molecule has 2 unspecified atom stereocenters. The maximum Gasteiger partial charge on any atom is 0.323 e. The minimum atomic E-state index is -1.25. The molecule has 0 aliphatic heterocycles. The van der Waals surface area contributed by atoms with Gasteiger partial charge in [0.25, 0.3) is 0 Å². The Bertz CT molecular complexity index is 1110. The van der Waals surface area contributed by atoms with Gasteiger partial charge in [-0.2, -0.15) is 0 Å². The number of benzene rings is 2. The van der Waals surface area contributed by atoms with Crippen LogP contribution in [0.15, 0.2) is 65.8 Å². The van der Waals surface area contributed by atoms with Gasteiger partial charge in [0.2, 0.25) is 5.91 Å². The van der Waals surface area contributed by atoms with Crippen molar-refractivity contribution in [3.05, 3.63) is 82.2 Å². The highest BCUT2D eigenvalue weighted by Gasteiger charge is 2.27. The molecule has 208 valence electrons. The van der Waals surface area contributed by atoms with Crippen molar-refractivity contribution in [1.29, 1.82) is 0 Å². The van der Waals surface area contributed by atoms with Crippen LogP contribution < -0.4 is 11.1 Å². The number of carbonyl (C=O) groups is 4. The summed E-state index contributed by atoms with van der Waals surface area (Å²) < 4.78 is 15.7. The van der Waals surface area contributed by atoms with Crippen LogP contribution in [-0.4, -0.2) is 55.5 Å². The van der Waals surface area contributed by atoms with Gasteiger partial charge in [0.05, 0.1) is 25.5 Å². The van der Waals surface area contributed by atoms with Crippen LogP contribution in [0.4, 0.5) is 0 Å². The Labute approximate surface area is 226 Å². The minimum absolute atomic E-state index is 0.00823. The molecule has 0 saturated heterocycles. The lowest BCUT2D eigenvalue weighted by Gasteiger charge is -2.18. The monoisotopic (exact) mass is 539 g/mol. The highest BCUT2D eigenvalue weighted by molar-refractivity contribution is 5.93. The van der Waals surface area contributed by atoms with Crippen molar-refractivity contribution in [2.45, 2.75) is 51.0 Å². The number of azide groups is 1. The average Bonchev–Trinajstić information content (AvgIpc) is 2.94. The third-order valence-corrected chi connectivity index (χ3v) is 5.38. The molecule has 0 saturated carbocycles. The van der Waals surface area contributed by atoms with E-state index in [-0.39, 0.29) is 45.8 Å². The molecule has 12 nitrogen and oxygen atoms in total. The second-order valence-electron chi connectivity index (χ2n) is 8.51. The lowest BCUT2D eigenvalue weighted by Crippen LogP contribution is -2.45. The molecule has 0 aliphatic rings. The van der Waals surface area contributed by atoms with E-state index in [0.717, 1.165) is 11.1 Å². The molecule has 2 rings (SSSR count). The number of hydrogen-bond donors (Lipinski definition) is 2. The molecule has 2 aromatic rings. The molecule has 39 heavy (non-hydrogen) atoms. The van der Waals surface area contributed by atoms with Crippen LogP contribution in [0, 0.1) is 0 Å². The number of rotatable bonds is 18. The zero-order valence-corrected chi connectivity index (χ0v) is 21.6. The molecule has 2 atom stereocenters. The summed E-state index contributed by atoms with van der Waals surface area (Å²) in [5.41, 5.74) is 15.6. The van der Waals surface area contributed by atoms with Gasteiger partial charge in [-0.15, -0.1) is 0 Å². The fourth-order valence-electron chi connectivity index (χ4n) is 3.36. The second kappa shape index (κ2) is 18.1. The van der Waals surface area contributed by atoms with Crippen molar-refractivity contribution in [2.75, 3.05) is 19.8 Å². The van der Waals surface area contributed by atoms with E-state index in [1.54, 1.807) is 48.5 Å². The number of ketones is 1. The van der Waals surface area contributed by atoms with Crippen LogP contribution in [0.5, 0.6) is 0 Å². The van der Waals surface area contributed by atoms with Gasteiger partial charge in [0.15, 0.2) is 5.78 Å². The fraction of sp³-hybridized carbons (Fsp3) is 0.407. The standard InChI is InChI=1S/C27H33N5O7/c28-22(27(36)39-19-21-10-5-2-6-11-21)16-25(34)31-23(24(33)12-7-14-37-15-13-30-32-29)17-26(35)38-18-20-8-3-1-4-9-20/h1-6,8-11,22-23H,7,12-19,28H2,(H,31,34). The highest BCUT2D eigenvalue weighted by Crippen LogP contribution is 2.08. The number of nitrogens with two attached hydrogens (primary N) is 1. The van der Waals surface area contributed by atoms with E-state index in [1.165, 1.54) is 0 Å². The van der Waals surface area contributed by atoms with Gasteiger partial charge < -0.3 is 25.3 Å². The Morgan fingerprint density at radius 1 is 0.897 bits per heavy atom. The molecule has 0 bridgehead atoms. The van der Waals surface area contributed by atoms with Crippen molar-refractivity contribution in [1.82, 2.24) is 5.32 Å². The molecule has 3 N–H and O–H groups in total. The summed E-state index contributed by atoms with van der Waals surface area (Å²) in [6, 6.07) is 15.6. The minimum Gasteiger partial charge on any atom is -0.461 e. The molecule has 0 heterocycles. The SMILES string of the molecule is [N-]=[N+]=NCCOCCCC(=O)C(CC(=O)OCc1ccccc1)NC(=O)CC(N)C(=O)OCc1ccccc1. The number of carbonyl (C=O) groups excluding carboxylic acids is 4. The predicted molar refractivity (Wildman–Crippen MR) is 141 cm³/mol. The number of Topliss-reactive ketones (excluding diaryl/α,β-unsaturated/α-hetero) is 1. The first-order valence-electron chi connectivity index (χ1n) is 12.5. The molecule has 0 spiro atoms. The quantitative estimate of drug-likeness (QED) is 0.0952. The molecule has 0 aromatic heterocycles. The van der Waals surface area contributed by atoms with Crippen molar-refractivity contribution in [2.24, 2.45) is 10.8 Å². The summed E-state index contributed by atoms with van der Waals surface area (Å²) >= 11 is 0. The van der Waals surface area contributed by atoms with Gasteiger partial charge in [0, 0.05) is 24.5 Å². The van der Waals surface area contributed by atoms with Crippen LogP contribution >= 0.6 is 0 Å². The van der Waals surface area contributed by atoms with E-state index in [4.69, 9.17) is 25.5 Å². The molecule has 0 fully saturated rings. The van der Waals surface area contributed by atoms with E-state index in [2.05, 4.69) is 15.3 Å². The van der Waals surface area contributed by atoms with Crippen LogP contribution in [0.1, 0.15) is 36.8 Å². The van der Waals surface area contributed by atoms with Gasteiger partial charge in [0.1, 0.15) is 19.3 Å². The smallest absolute Gasteiger partial charge is 0.323 e. The molecule has 0 radical (unpaired) electrons. The highest BCUT2D eigenvalue weighted by atomic mass is 16.5. The van der Waals surface area contributed by atoms with E-state index < -0.39 is 42.1 Å². The number of ether oxygens (including phenoxy) is 3. The Kier molecular flexibility index (Phi) is 14.4. The largest absolute Gasteiger partial charge is 0.461 e. The Hall–Kier alpha value is -4.25. The number of nitrogens with zero attached hydrogens (tertiary/aromatic N) is 3. The van der Waals surface area contributed by atoms with Crippen molar-refractivity contribution in [3.63, 3.8) is 0 Å². The summed E-state index contributed by atoms with van der Waals surface area (Å²) in [4.78, 5) is 52.8. The van der Waals surface area contributed by atoms with Gasteiger partial charge in [-0.1, -0.05) is 65.8 Å². The van der Waals surface area contributed by atoms with Gasteiger partial charge in [-0.25, -0.2) is 0 Å². The first-order valence-corrected chi connectivity index (χ1v) is 12.5. The first-order chi connectivity index (χ1) is 18.9. The molecule has 2 aromatic carbocycles. The summed E-state index contributed by atoms with van der Waals surface area (Å²) in [7, 11) is 0. The molecule has 12 heteroatoms. The van der Waals surface area contributed by atoms with Crippen LogP contribution in [0.2, 0.25) is 0 Å².